The summed E-state index contributed by atoms with van der Waals surface area (Å²) in [4.78, 5) is 17.8. The molecule has 1 amide bonds. The van der Waals surface area contributed by atoms with Crippen LogP contribution < -0.4 is 15.4 Å². The maximum Gasteiger partial charge on any atom is 0.259 e. The second-order valence-electron chi connectivity index (χ2n) is 7.41. The molecule has 0 saturated carbocycles. The van der Waals surface area contributed by atoms with Crippen LogP contribution in [0.2, 0.25) is 0 Å². The first-order valence-electron chi connectivity index (χ1n) is 10.7. The summed E-state index contributed by atoms with van der Waals surface area (Å²) in [5.74, 6) is 1.36. The molecular weight excluding hydrogens is 384 g/mol. The van der Waals surface area contributed by atoms with Gasteiger partial charge in [0.1, 0.15) is 5.75 Å². The lowest BCUT2D eigenvalue weighted by molar-refractivity contribution is -0.130. The molecule has 1 saturated heterocycles. The largest absolute Gasteiger partial charge is 0.484 e. The average Bonchev–Trinajstić information content (AvgIpc) is 3.26. The highest BCUT2D eigenvalue weighted by molar-refractivity contribution is 5.79. The van der Waals surface area contributed by atoms with Crippen molar-refractivity contribution in [1.29, 1.82) is 0 Å². The van der Waals surface area contributed by atoms with E-state index < -0.39 is 0 Å². The minimum Gasteiger partial charge on any atom is -0.484 e. The summed E-state index contributed by atoms with van der Waals surface area (Å²) in [5, 5.41) is 6.59. The normalized spacial score (nSPS) is 16.4. The van der Waals surface area contributed by atoms with Gasteiger partial charge < -0.3 is 29.7 Å². The van der Waals surface area contributed by atoms with Gasteiger partial charge in [0.15, 0.2) is 12.6 Å². The highest BCUT2D eigenvalue weighted by atomic mass is 16.5. The molecule has 1 aromatic carbocycles. The van der Waals surface area contributed by atoms with Crippen molar-refractivity contribution in [3.8, 4) is 5.75 Å². The number of carbonyl (C=O) groups excluding carboxylic acids is 1. The lowest BCUT2D eigenvalue weighted by atomic mass is 10.2. The molecule has 2 N–H and O–H groups in total. The lowest BCUT2D eigenvalue weighted by Gasteiger charge is -2.13. The molecule has 0 aromatic heterocycles. The number of benzene rings is 1. The predicted molar refractivity (Wildman–Crippen MR) is 118 cm³/mol. The van der Waals surface area contributed by atoms with Crippen molar-refractivity contribution in [3.63, 3.8) is 0 Å². The van der Waals surface area contributed by atoms with Gasteiger partial charge in [-0.3, -0.25) is 4.79 Å². The quantitative estimate of drug-likeness (QED) is 0.305. The monoisotopic (exact) mass is 420 g/mol. The molecule has 0 aliphatic carbocycles. The van der Waals surface area contributed by atoms with Gasteiger partial charge >= 0.3 is 0 Å². The summed E-state index contributed by atoms with van der Waals surface area (Å²) in [6.07, 6.45) is 3.42. The summed E-state index contributed by atoms with van der Waals surface area (Å²) in [6.45, 7) is 6.41. The second kappa shape index (κ2) is 13.8. The van der Waals surface area contributed by atoms with Crippen molar-refractivity contribution >= 4 is 11.9 Å². The first-order valence-corrected chi connectivity index (χ1v) is 10.7. The summed E-state index contributed by atoms with van der Waals surface area (Å²) in [5.41, 5.74) is 1.02. The third-order valence-electron chi connectivity index (χ3n) is 4.61. The van der Waals surface area contributed by atoms with Crippen molar-refractivity contribution in [2.75, 3.05) is 53.6 Å². The molecule has 1 aliphatic rings. The number of rotatable bonds is 12. The van der Waals surface area contributed by atoms with Crippen LogP contribution in [0.1, 0.15) is 31.7 Å². The van der Waals surface area contributed by atoms with E-state index in [-0.39, 0.29) is 18.6 Å². The van der Waals surface area contributed by atoms with E-state index in [0.29, 0.717) is 25.5 Å². The molecular formula is C22H36N4O4. The van der Waals surface area contributed by atoms with Crippen LogP contribution in [0.4, 0.5) is 0 Å². The van der Waals surface area contributed by atoms with E-state index >= 15 is 0 Å². The molecule has 168 valence electrons. The molecule has 8 heteroatoms. The van der Waals surface area contributed by atoms with E-state index in [1.165, 1.54) is 4.90 Å². The number of hydrogen-bond donors (Lipinski definition) is 2. The Kier molecular flexibility index (Phi) is 11.0. The van der Waals surface area contributed by atoms with Crippen LogP contribution in [0.5, 0.6) is 5.75 Å². The zero-order valence-corrected chi connectivity index (χ0v) is 18.5. The topological polar surface area (TPSA) is 84.4 Å². The molecule has 0 bridgehead atoms. The summed E-state index contributed by atoms with van der Waals surface area (Å²) in [7, 11) is 3.42. The fourth-order valence-corrected chi connectivity index (χ4v) is 2.89. The molecule has 1 aliphatic heterocycles. The van der Waals surface area contributed by atoms with Gasteiger partial charge in [-0.1, -0.05) is 12.1 Å². The Labute approximate surface area is 180 Å². The molecule has 8 nitrogen and oxygen atoms in total. The van der Waals surface area contributed by atoms with E-state index in [2.05, 4.69) is 15.6 Å². The van der Waals surface area contributed by atoms with E-state index in [1.54, 1.807) is 14.1 Å². The van der Waals surface area contributed by atoms with E-state index in [1.807, 2.05) is 31.2 Å². The molecule has 0 radical (unpaired) electrons. The van der Waals surface area contributed by atoms with Crippen molar-refractivity contribution in [2.24, 2.45) is 4.99 Å². The van der Waals surface area contributed by atoms with Crippen LogP contribution in [0.25, 0.3) is 0 Å². The number of ether oxygens (including phenoxy) is 3. The highest BCUT2D eigenvalue weighted by Gasteiger charge is 2.14. The Morgan fingerprint density at radius 2 is 2.20 bits per heavy atom. The van der Waals surface area contributed by atoms with Crippen LogP contribution in [0.3, 0.4) is 0 Å². The van der Waals surface area contributed by atoms with Crippen LogP contribution in [0.15, 0.2) is 29.3 Å². The van der Waals surface area contributed by atoms with E-state index in [0.717, 1.165) is 50.5 Å². The standard InChI is InChI=1S/C22H36N4O4/c1-4-23-22(24-11-7-12-28-16-20-10-6-13-29-20)25-15-18-8-5-9-19(14-18)30-17-21(27)26(2)3/h5,8-9,14,20H,4,6-7,10-13,15-17H2,1-3H3,(H2,23,24,25). The van der Waals surface area contributed by atoms with E-state index in [4.69, 9.17) is 14.2 Å². The number of nitrogens with one attached hydrogen (secondary N) is 2. The zero-order chi connectivity index (χ0) is 21.6. The number of carbonyl (C=O) groups is 1. The van der Waals surface area contributed by atoms with Crippen LogP contribution in [-0.2, 0) is 20.8 Å². The number of amides is 1. The molecule has 2 rings (SSSR count). The first-order chi connectivity index (χ1) is 14.6. The maximum absolute atomic E-state index is 11.7. The minimum absolute atomic E-state index is 0.0266. The van der Waals surface area contributed by atoms with Crippen LogP contribution in [0, 0.1) is 0 Å². The second-order valence-corrected chi connectivity index (χ2v) is 7.41. The third kappa shape index (κ3) is 9.45. The van der Waals surface area contributed by atoms with Gasteiger partial charge in [0.05, 0.1) is 19.3 Å². The van der Waals surface area contributed by atoms with Crippen LogP contribution >= 0.6 is 0 Å². The van der Waals surface area contributed by atoms with E-state index in [9.17, 15) is 4.79 Å². The zero-order valence-electron chi connectivity index (χ0n) is 18.5. The molecule has 0 spiro atoms. The Hall–Kier alpha value is -2.32. The molecule has 1 heterocycles. The van der Waals surface area contributed by atoms with Crippen molar-refractivity contribution in [3.05, 3.63) is 29.8 Å². The van der Waals surface area contributed by atoms with Gasteiger partial charge in [-0.25, -0.2) is 4.99 Å². The number of likely N-dealkylation sites (N-methyl/N-ethyl adjacent to an activating group) is 1. The van der Waals surface area contributed by atoms with Crippen molar-refractivity contribution < 1.29 is 19.0 Å². The Morgan fingerprint density at radius 3 is 2.93 bits per heavy atom. The SMILES string of the molecule is CCNC(=NCc1cccc(OCC(=O)N(C)C)c1)NCCCOCC1CCCO1. The lowest BCUT2D eigenvalue weighted by Crippen LogP contribution is -2.38. The van der Waals surface area contributed by atoms with Gasteiger partial charge in [-0.05, 0) is 43.9 Å². The number of aliphatic imine (C=N–C) groups is 1. The predicted octanol–water partition coefficient (Wildman–Crippen LogP) is 1.79. The molecule has 1 unspecified atom stereocenters. The van der Waals surface area contributed by atoms with Crippen LogP contribution in [-0.4, -0.2) is 76.5 Å². The smallest absolute Gasteiger partial charge is 0.259 e. The van der Waals surface area contributed by atoms with Gasteiger partial charge in [0.2, 0.25) is 0 Å². The first kappa shape index (κ1) is 24.0. The fourth-order valence-electron chi connectivity index (χ4n) is 2.89. The van der Waals surface area contributed by atoms with Crippen molar-refractivity contribution in [2.45, 2.75) is 38.8 Å². The van der Waals surface area contributed by atoms with Gasteiger partial charge in [-0.15, -0.1) is 0 Å². The molecule has 1 atom stereocenters. The summed E-state index contributed by atoms with van der Waals surface area (Å²) < 4.78 is 16.8. The molecule has 1 aromatic rings. The third-order valence-corrected chi connectivity index (χ3v) is 4.61. The Bertz CT molecular complexity index is 660. The van der Waals surface area contributed by atoms with Crippen molar-refractivity contribution in [1.82, 2.24) is 15.5 Å². The van der Waals surface area contributed by atoms with Gasteiger partial charge in [0.25, 0.3) is 5.91 Å². The Balaban J connectivity index is 1.72. The number of nitrogens with zero attached hydrogens (tertiary/aromatic N) is 2. The van der Waals surface area contributed by atoms with Gasteiger partial charge in [0, 0.05) is 40.4 Å². The average molecular weight is 421 g/mol. The maximum atomic E-state index is 11.7. The highest BCUT2D eigenvalue weighted by Crippen LogP contribution is 2.14. The Morgan fingerprint density at radius 1 is 1.33 bits per heavy atom. The fraction of sp³-hybridized carbons (Fsp3) is 0.636. The molecule has 30 heavy (non-hydrogen) atoms. The number of hydrogen-bond acceptors (Lipinski definition) is 5. The van der Waals surface area contributed by atoms with Gasteiger partial charge in [-0.2, -0.15) is 0 Å². The summed E-state index contributed by atoms with van der Waals surface area (Å²) in [6, 6.07) is 7.66. The minimum atomic E-state index is -0.0724. The molecule has 1 fully saturated rings. The number of guanidine groups is 1. The summed E-state index contributed by atoms with van der Waals surface area (Å²) >= 11 is 0.